The molecule has 39 heavy (non-hydrogen) atoms. The minimum Gasteiger partial charge on any atom is -0.506 e. The molecule has 0 atom stereocenters. The van der Waals surface area contributed by atoms with Gasteiger partial charge in [0.25, 0.3) is 0 Å². The van der Waals surface area contributed by atoms with Crippen LogP contribution >= 0.6 is 31.9 Å². The average Bonchev–Trinajstić information content (AvgIpc) is 2.94. The molecule has 0 radical (unpaired) electrons. The van der Waals surface area contributed by atoms with Crippen molar-refractivity contribution in [2.75, 3.05) is 28.7 Å². The third-order valence-corrected chi connectivity index (χ3v) is 7.82. The number of phenolic OH excluding ortho intramolecular Hbond substituents is 1. The summed E-state index contributed by atoms with van der Waals surface area (Å²) in [7, 11) is 0. The Hall–Kier alpha value is -3.50. The molecule has 0 aliphatic carbocycles. The van der Waals surface area contributed by atoms with E-state index >= 15 is 0 Å². The molecule has 8 nitrogen and oxygen atoms in total. The summed E-state index contributed by atoms with van der Waals surface area (Å²) in [6, 6.07) is 22.3. The maximum Gasteiger partial charge on any atom is 0.250 e. The fourth-order valence-corrected chi connectivity index (χ4v) is 5.71. The van der Waals surface area contributed by atoms with Crippen molar-refractivity contribution < 1.29 is 5.11 Å². The Labute approximate surface area is 244 Å². The molecule has 5 rings (SSSR count). The molecule has 4 aromatic rings. The van der Waals surface area contributed by atoms with Crippen molar-refractivity contribution >= 4 is 61.6 Å². The number of aromatic nitrogens is 3. The van der Waals surface area contributed by atoms with E-state index in [1.807, 2.05) is 24.3 Å². The minimum atomic E-state index is 0.140. The average molecular weight is 651 g/mol. The number of hydrazone groups is 1. The lowest BCUT2D eigenvalue weighted by Crippen LogP contribution is -2.35. The van der Waals surface area contributed by atoms with Crippen LogP contribution in [0.15, 0.2) is 80.8 Å². The van der Waals surface area contributed by atoms with E-state index in [2.05, 4.69) is 99.8 Å². The van der Waals surface area contributed by atoms with E-state index in [4.69, 9.17) is 4.98 Å². The molecule has 1 aliphatic rings. The number of anilines is 4. The number of nitrogens with zero attached hydrogens (tertiary/aromatic N) is 5. The van der Waals surface area contributed by atoms with Gasteiger partial charge in [-0.3, -0.25) is 0 Å². The van der Waals surface area contributed by atoms with Crippen molar-refractivity contribution in [3.8, 4) is 5.75 Å². The van der Waals surface area contributed by atoms with E-state index in [0.717, 1.165) is 43.6 Å². The highest BCUT2D eigenvalue weighted by atomic mass is 79.9. The van der Waals surface area contributed by atoms with Crippen LogP contribution in [0, 0.1) is 12.8 Å². The minimum absolute atomic E-state index is 0.140. The van der Waals surface area contributed by atoms with Gasteiger partial charge in [0.2, 0.25) is 17.8 Å². The zero-order valence-corrected chi connectivity index (χ0v) is 24.7. The van der Waals surface area contributed by atoms with Gasteiger partial charge in [0.1, 0.15) is 5.75 Å². The summed E-state index contributed by atoms with van der Waals surface area (Å²) >= 11 is 6.69. The standard InChI is InChI=1S/C29H29Br2N7O/c1-19-7-9-23(10-8-19)33-27-34-28(37-32-18-22-16-24(30)26(39)25(31)17-22)36-29(35-27)38-13-11-21(12-14-38)15-20-5-3-2-4-6-20/h2-10,16-18,21,39H,11-15H2,1H3,(H2,33,34,35,36,37). The third kappa shape index (κ3) is 7.33. The molecule has 2 heterocycles. The molecular formula is C29H29Br2N7O. The second-order valence-corrected chi connectivity index (χ2v) is 11.3. The maximum absolute atomic E-state index is 9.95. The number of phenols is 1. The maximum atomic E-state index is 9.95. The third-order valence-electron chi connectivity index (χ3n) is 6.61. The van der Waals surface area contributed by atoms with Crippen LogP contribution in [0.4, 0.5) is 23.5 Å². The Bertz CT molecular complexity index is 1420. The van der Waals surface area contributed by atoms with Crippen LogP contribution in [0.3, 0.4) is 0 Å². The Kier molecular flexibility index (Phi) is 8.73. The lowest BCUT2D eigenvalue weighted by Gasteiger charge is -2.32. The zero-order chi connectivity index (χ0) is 27.2. The Balaban J connectivity index is 1.33. The van der Waals surface area contributed by atoms with Gasteiger partial charge in [-0.05, 0) is 99.4 Å². The molecule has 1 fully saturated rings. The molecule has 0 unspecified atom stereocenters. The van der Waals surface area contributed by atoms with Crippen LogP contribution < -0.4 is 15.6 Å². The molecule has 1 aliphatic heterocycles. The van der Waals surface area contributed by atoms with Crippen molar-refractivity contribution in [1.82, 2.24) is 15.0 Å². The predicted molar refractivity (Wildman–Crippen MR) is 164 cm³/mol. The first kappa shape index (κ1) is 27.1. The summed E-state index contributed by atoms with van der Waals surface area (Å²) in [5.41, 5.74) is 7.20. The van der Waals surface area contributed by atoms with Crippen LogP contribution in [0.25, 0.3) is 0 Å². The van der Waals surface area contributed by atoms with Gasteiger partial charge in [-0.2, -0.15) is 20.1 Å². The highest BCUT2D eigenvalue weighted by Gasteiger charge is 2.22. The molecule has 0 amide bonds. The first-order chi connectivity index (χ1) is 18.9. The van der Waals surface area contributed by atoms with Crippen LogP contribution in [0.2, 0.25) is 0 Å². The molecule has 1 saturated heterocycles. The van der Waals surface area contributed by atoms with Crippen molar-refractivity contribution in [1.29, 1.82) is 0 Å². The smallest absolute Gasteiger partial charge is 0.250 e. The van der Waals surface area contributed by atoms with Crippen LogP contribution in [0.5, 0.6) is 5.75 Å². The molecule has 1 aromatic heterocycles. The van der Waals surface area contributed by atoms with E-state index in [-0.39, 0.29) is 5.75 Å². The number of nitrogens with one attached hydrogen (secondary N) is 2. The first-order valence-corrected chi connectivity index (χ1v) is 14.4. The number of piperidine rings is 1. The van der Waals surface area contributed by atoms with Gasteiger partial charge in [-0.15, -0.1) is 0 Å². The van der Waals surface area contributed by atoms with Gasteiger partial charge in [-0.1, -0.05) is 48.0 Å². The highest BCUT2D eigenvalue weighted by Crippen LogP contribution is 2.33. The summed E-state index contributed by atoms with van der Waals surface area (Å²) in [5.74, 6) is 2.19. The molecule has 3 aromatic carbocycles. The Morgan fingerprint density at radius 2 is 1.62 bits per heavy atom. The second-order valence-electron chi connectivity index (χ2n) is 9.60. The van der Waals surface area contributed by atoms with E-state index < -0.39 is 0 Å². The number of aromatic hydroxyl groups is 1. The summed E-state index contributed by atoms with van der Waals surface area (Å²) < 4.78 is 1.14. The number of aryl methyl sites for hydroxylation is 1. The lowest BCUT2D eigenvalue weighted by atomic mass is 9.90. The van der Waals surface area contributed by atoms with E-state index in [0.29, 0.717) is 32.7 Å². The van der Waals surface area contributed by atoms with Crippen LogP contribution in [0.1, 0.15) is 29.5 Å². The van der Waals surface area contributed by atoms with Crippen molar-refractivity contribution in [2.24, 2.45) is 11.0 Å². The highest BCUT2D eigenvalue weighted by molar-refractivity contribution is 9.11. The number of hydrogen-bond acceptors (Lipinski definition) is 8. The molecule has 3 N–H and O–H groups in total. The summed E-state index contributed by atoms with van der Waals surface area (Å²) in [6.45, 7) is 3.81. The van der Waals surface area contributed by atoms with Crippen LogP contribution in [-0.2, 0) is 6.42 Å². The molecular weight excluding hydrogens is 622 g/mol. The van der Waals surface area contributed by atoms with Crippen molar-refractivity contribution in [3.05, 3.63) is 92.4 Å². The van der Waals surface area contributed by atoms with Gasteiger partial charge in [-0.25, -0.2) is 5.43 Å². The number of rotatable bonds is 8. The lowest BCUT2D eigenvalue weighted by molar-refractivity contribution is 0.400. The van der Waals surface area contributed by atoms with E-state index in [9.17, 15) is 5.11 Å². The van der Waals surface area contributed by atoms with E-state index in [1.165, 1.54) is 11.1 Å². The fraction of sp³-hybridized carbons (Fsp3) is 0.241. The molecule has 0 spiro atoms. The molecule has 10 heteroatoms. The molecule has 200 valence electrons. The molecule has 0 bridgehead atoms. The van der Waals surface area contributed by atoms with Gasteiger partial charge < -0.3 is 15.3 Å². The Morgan fingerprint density at radius 1 is 0.949 bits per heavy atom. The topological polar surface area (TPSA) is 98.6 Å². The van der Waals surface area contributed by atoms with Crippen molar-refractivity contribution in [3.63, 3.8) is 0 Å². The van der Waals surface area contributed by atoms with Gasteiger partial charge in [0.15, 0.2) is 0 Å². The van der Waals surface area contributed by atoms with Gasteiger partial charge in [0.05, 0.1) is 15.2 Å². The summed E-state index contributed by atoms with van der Waals surface area (Å²) in [5, 5.41) is 17.6. The monoisotopic (exact) mass is 649 g/mol. The first-order valence-electron chi connectivity index (χ1n) is 12.8. The fourth-order valence-electron chi connectivity index (χ4n) is 4.49. The normalized spacial score (nSPS) is 14.1. The number of halogens is 2. The summed E-state index contributed by atoms with van der Waals surface area (Å²) in [4.78, 5) is 16.2. The van der Waals surface area contributed by atoms with E-state index in [1.54, 1.807) is 18.3 Å². The Morgan fingerprint density at radius 3 is 2.31 bits per heavy atom. The second kappa shape index (κ2) is 12.6. The summed E-state index contributed by atoms with van der Waals surface area (Å²) in [6.07, 6.45) is 4.89. The van der Waals surface area contributed by atoms with Gasteiger partial charge in [0, 0.05) is 18.8 Å². The SMILES string of the molecule is Cc1ccc(Nc2nc(NN=Cc3cc(Br)c(O)c(Br)c3)nc(N3CCC(Cc4ccccc4)CC3)n2)cc1. The number of benzene rings is 3. The largest absolute Gasteiger partial charge is 0.506 e. The quantitative estimate of drug-likeness (QED) is 0.139. The van der Waals surface area contributed by atoms with Gasteiger partial charge >= 0.3 is 0 Å². The van der Waals surface area contributed by atoms with Crippen molar-refractivity contribution in [2.45, 2.75) is 26.2 Å². The van der Waals surface area contributed by atoms with Crippen LogP contribution in [-0.4, -0.2) is 39.4 Å². The molecule has 0 saturated carbocycles. The number of hydrogen-bond donors (Lipinski definition) is 3. The zero-order valence-electron chi connectivity index (χ0n) is 21.5. The predicted octanol–water partition coefficient (Wildman–Crippen LogP) is 7.06.